The van der Waals surface area contributed by atoms with Crippen molar-refractivity contribution >= 4 is 18.3 Å². The average Bonchev–Trinajstić information content (AvgIpc) is 2.71. The van der Waals surface area contributed by atoms with Gasteiger partial charge < -0.3 is 20.1 Å². The lowest BCUT2D eigenvalue weighted by Gasteiger charge is -2.30. The summed E-state index contributed by atoms with van der Waals surface area (Å²) in [4.78, 5) is 14.3. The van der Waals surface area contributed by atoms with Crippen molar-refractivity contribution in [3.63, 3.8) is 0 Å². The van der Waals surface area contributed by atoms with Crippen LogP contribution in [0.4, 0.5) is 0 Å². The fourth-order valence-corrected chi connectivity index (χ4v) is 2.67. The Morgan fingerprint density at radius 2 is 1.95 bits per heavy atom. The van der Waals surface area contributed by atoms with Crippen molar-refractivity contribution in [1.82, 2.24) is 4.90 Å². The monoisotopic (exact) mass is 312 g/mol. The van der Waals surface area contributed by atoms with Gasteiger partial charge in [0.2, 0.25) is 0 Å². The molecule has 116 valence electrons. The van der Waals surface area contributed by atoms with Gasteiger partial charge in [-0.25, -0.2) is 0 Å². The lowest BCUT2D eigenvalue weighted by atomic mass is 10.1. The minimum absolute atomic E-state index is 0. The molecule has 2 aliphatic heterocycles. The first-order chi connectivity index (χ1) is 9.74. The summed E-state index contributed by atoms with van der Waals surface area (Å²) in [6.45, 7) is 2.69. The number of piperidine rings is 1. The molecule has 2 heterocycles. The Morgan fingerprint density at radius 3 is 2.71 bits per heavy atom. The van der Waals surface area contributed by atoms with Gasteiger partial charge in [0.1, 0.15) is 0 Å². The average molecular weight is 313 g/mol. The van der Waals surface area contributed by atoms with Crippen LogP contribution in [0.5, 0.6) is 11.5 Å². The van der Waals surface area contributed by atoms with Crippen molar-refractivity contribution in [3.05, 3.63) is 23.8 Å². The lowest BCUT2D eigenvalue weighted by molar-refractivity contribution is 0.0708. The third-order valence-corrected chi connectivity index (χ3v) is 3.74. The van der Waals surface area contributed by atoms with E-state index >= 15 is 0 Å². The predicted octanol–water partition coefficient (Wildman–Crippen LogP) is 1.83. The summed E-state index contributed by atoms with van der Waals surface area (Å²) in [5, 5.41) is 0. The van der Waals surface area contributed by atoms with Crippen molar-refractivity contribution in [1.29, 1.82) is 0 Å². The van der Waals surface area contributed by atoms with E-state index < -0.39 is 0 Å². The van der Waals surface area contributed by atoms with E-state index in [1.54, 1.807) is 12.1 Å². The molecular formula is C15H21ClN2O3. The van der Waals surface area contributed by atoms with Crippen LogP contribution in [0.2, 0.25) is 0 Å². The molecule has 0 aliphatic carbocycles. The van der Waals surface area contributed by atoms with Crippen molar-refractivity contribution in [2.75, 3.05) is 26.3 Å². The van der Waals surface area contributed by atoms with Crippen molar-refractivity contribution in [3.8, 4) is 11.5 Å². The second-order valence-electron chi connectivity index (χ2n) is 5.37. The number of carbonyl (C=O) groups excluding carboxylic acids is 1. The number of ether oxygens (including phenoxy) is 2. The molecule has 1 unspecified atom stereocenters. The van der Waals surface area contributed by atoms with Gasteiger partial charge in [0, 0.05) is 31.1 Å². The first-order valence-electron chi connectivity index (χ1n) is 7.18. The van der Waals surface area contributed by atoms with Crippen LogP contribution in [0, 0.1) is 0 Å². The van der Waals surface area contributed by atoms with Crippen molar-refractivity contribution in [2.24, 2.45) is 5.73 Å². The zero-order valence-corrected chi connectivity index (χ0v) is 12.7. The number of fused-ring (bicyclic) bond motifs is 1. The van der Waals surface area contributed by atoms with Crippen molar-refractivity contribution < 1.29 is 14.3 Å². The summed E-state index contributed by atoms with van der Waals surface area (Å²) < 4.78 is 11.2. The number of nitrogens with zero attached hydrogens (tertiary/aromatic N) is 1. The number of carbonyl (C=O) groups is 1. The maximum Gasteiger partial charge on any atom is 0.254 e. The molecule has 2 aliphatic rings. The molecular weight excluding hydrogens is 292 g/mol. The van der Waals surface area contributed by atoms with Crippen LogP contribution in [0.3, 0.4) is 0 Å². The molecule has 1 aromatic carbocycles. The van der Waals surface area contributed by atoms with Crippen LogP contribution in [0.15, 0.2) is 18.2 Å². The van der Waals surface area contributed by atoms with E-state index in [9.17, 15) is 4.79 Å². The molecule has 0 radical (unpaired) electrons. The summed E-state index contributed by atoms with van der Waals surface area (Å²) in [5.74, 6) is 1.40. The molecule has 3 rings (SSSR count). The quantitative estimate of drug-likeness (QED) is 0.859. The second kappa shape index (κ2) is 7.00. The predicted molar refractivity (Wildman–Crippen MR) is 82.4 cm³/mol. The maximum atomic E-state index is 12.5. The van der Waals surface area contributed by atoms with Gasteiger partial charge in [-0.3, -0.25) is 4.79 Å². The minimum Gasteiger partial charge on any atom is -0.490 e. The first kappa shape index (κ1) is 15.9. The molecule has 2 N–H and O–H groups in total. The summed E-state index contributed by atoms with van der Waals surface area (Å²) in [6.07, 6.45) is 2.82. The lowest BCUT2D eigenvalue weighted by Crippen LogP contribution is -2.45. The molecule has 5 nitrogen and oxygen atoms in total. The Morgan fingerprint density at radius 1 is 1.19 bits per heavy atom. The third-order valence-electron chi connectivity index (χ3n) is 3.74. The largest absolute Gasteiger partial charge is 0.490 e. The van der Waals surface area contributed by atoms with Crippen LogP contribution in [0.25, 0.3) is 0 Å². The zero-order valence-electron chi connectivity index (χ0n) is 11.9. The van der Waals surface area contributed by atoms with E-state index in [0.29, 0.717) is 31.1 Å². The zero-order chi connectivity index (χ0) is 13.9. The van der Waals surface area contributed by atoms with Gasteiger partial charge in [-0.2, -0.15) is 0 Å². The van der Waals surface area contributed by atoms with E-state index in [0.717, 1.165) is 31.6 Å². The van der Waals surface area contributed by atoms with Gasteiger partial charge in [0.25, 0.3) is 5.91 Å². The highest BCUT2D eigenvalue weighted by Crippen LogP contribution is 2.31. The summed E-state index contributed by atoms with van der Waals surface area (Å²) in [6, 6.07) is 5.49. The number of hydrogen-bond donors (Lipinski definition) is 1. The molecule has 21 heavy (non-hydrogen) atoms. The van der Waals surface area contributed by atoms with E-state index in [4.69, 9.17) is 15.2 Å². The Bertz CT molecular complexity index is 510. The van der Waals surface area contributed by atoms with E-state index in [2.05, 4.69) is 0 Å². The van der Waals surface area contributed by atoms with Crippen LogP contribution in [-0.4, -0.2) is 43.2 Å². The Kier molecular flexibility index (Phi) is 5.31. The fourth-order valence-electron chi connectivity index (χ4n) is 2.67. The molecule has 6 heteroatoms. The van der Waals surface area contributed by atoms with Gasteiger partial charge >= 0.3 is 0 Å². The number of nitrogens with two attached hydrogens (primary N) is 1. The van der Waals surface area contributed by atoms with Gasteiger partial charge in [0.15, 0.2) is 11.5 Å². The molecule has 0 bridgehead atoms. The maximum absolute atomic E-state index is 12.5. The Hall–Kier alpha value is -1.46. The normalized spacial score (nSPS) is 21.2. The van der Waals surface area contributed by atoms with E-state index in [1.165, 1.54) is 0 Å². The SMILES string of the molecule is Cl.NC1CCCN(C(=O)c2ccc3c(c2)OCCCO3)C1. The van der Waals surface area contributed by atoms with E-state index in [1.807, 2.05) is 11.0 Å². The fraction of sp³-hybridized carbons (Fsp3) is 0.533. The highest BCUT2D eigenvalue weighted by Gasteiger charge is 2.23. The van der Waals surface area contributed by atoms with Gasteiger partial charge in [-0.1, -0.05) is 0 Å². The third kappa shape index (κ3) is 3.60. The second-order valence-corrected chi connectivity index (χ2v) is 5.37. The summed E-state index contributed by atoms with van der Waals surface area (Å²) in [7, 11) is 0. The minimum atomic E-state index is 0. The Labute approximate surface area is 130 Å². The van der Waals surface area contributed by atoms with Crippen LogP contribution >= 0.6 is 12.4 Å². The number of amides is 1. The first-order valence-corrected chi connectivity index (χ1v) is 7.18. The Balaban J connectivity index is 0.00000161. The van der Waals surface area contributed by atoms with E-state index in [-0.39, 0.29) is 24.4 Å². The molecule has 1 amide bonds. The number of hydrogen-bond acceptors (Lipinski definition) is 4. The smallest absolute Gasteiger partial charge is 0.254 e. The molecule has 1 atom stereocenters. The van der Waals surface area contributed by atoms with Crippen LogP contribution in [-0.2, 0) is 0 Å². The van der Waals surface area contributed by atoms with Gasteiger partial charge in [-0.15, -0.1) is 12.4 Å². The standard InChI is InChI=1S/C15H20N2O3.ClH/c16-12-3-1-6-17(10-12)15(18)11-4-5-13-14(9-11)20-8-2-7-19-13;/h4-5,9,12H,1-3,6-8,10,16H2;1H. The highest BCUT2D eigenvalue weighted by molar-refractivity contribution is 5.95. The molecule has 0 saturated carbocycles. The summed E-state index contributed by atoms with van der Waals surface area (Å²) >= 11 is 0. The van der Waals surface area contributed by atoms with Crippen LogP contribution < -0.4 is 15.2 Å². The topological polar surface area (TPSA) is 64.8 Å². The number of halogens is 1. The van der Waals surface area contributed by atoms with Crippen LogP contribution in [0.1, 0.15) is 29.6 Å². The van der Waals surface area contributed by atoms with Crippen molar-refractivity contribution in [2.45, 2.75) is 25.3 Å². The molecule has 0 spiro atoms. The molecule has 1 saturated heterocycles. The molecule has 1 fully saturated rings. The summed E-state index contributed by atoms with van der Waals surface area (Å²) in [5.41, 5.74) is 6.58. The number of rotatable bonds is 1. The number of likely N-dealkylation sites (tertiary alicyclic amines) is 1. The molecule has 1 aromatic rings. The number of benzene rings is 1. The van der Waals surface area contributed by atoms with Gasteiger partial charge in [-0.05, 0) is 31.0 Å². The highest BCUT2D eigenvalue weighted by atomic mass is 35.5. The van der Waals surface area contributed by atoms with Gasteiger partial charge in [0.05, 0.1) is 13.2 Å². The molecule has 0 aromatic heterocycles.